The van der Waals surface area contributed by atoms with E-state index >= 15 is 0 Å². The third kappa shape index (κ3) is 7.07. The summed E-state index contributed by atoms with van der Waals surface area (Å²) >= 11 is 11.6. The monoisotopic (exact) mass is 415 g/mol. The molecule has 0 unspecified atom stereocenters. The van der Waals surface area contributed by atoms with Gasteiger partial charge >= 0.3 is 5.97 Å². The lowest BCUT2D eigenvalue weighted by atomic mass is 10.2. The van der Waals surface area contributed by atoms with Gasteiger partial charge in [0.25, 0.3) is 11.8 Å². The Kier molecular flexibility index (Phi) is 7.44. The summed E-state index contributed by atoms with van der Waals surface area (Å²) in [6, 6.07) is 4.50. The maximum absolute atomic E-state index is 11.9. The van der Waals surface area contributed by atoms with Gasteiger partial charge in [-0.1, -0.05) is 23.2 Å². The van der Waals surface area contributed by atoms with Crippen LogP contribution in [0, 0.1) is 0 Å². The van der Waals surface area contributed by atoms with Crippen molar-refractivity contribution >= 4 is 46.9 Å². The maximum atomic E-state index is 11.9. The summed E-state index contributed by atoms with van der Waals surface area (Å²) in [6.45, 7) is -1.05. The first kappa shape index (κ1) is 21.0. The van der Waals surface area contributed by atoms with Crippen molar-refractivity contribution in [2.75, 3.05) is 26.7 Å². The van der Waals surface area contributed by atoms with Gasteiger partial charge < -0.3 is 20.3 Å². The van der Waals surface area contributed by atoms with Crippen LogP contribution in [0.15, 0.2) is 18.2 Å². The van der Waals surface area contributed by atoms with Crippen LogP contribution in [0.3, 0.4) is 0 Å². The smallest absolute Gasteiger partial charge is 0.325 e. The molecule has 0 atom stereocenters. The highest BCUT2D eigenvalue weighted by Crippen LogP contribution is 2.22. The van der Waals surface area contributed by atoms with Crippen LogP contribution in [0.5, 0.6) is 0 Å². The largest absolute Gasteiger partial charge is 0.454 e. The van der Waals surface area contributed by atoms with Gasteiger partial charge in [0.2, 0.25) is 5.91 Å². The Hall–Kier alpha value is -2.32. The Balaban J connectivity index is 1.68. The van der Waals surface area contributed by atoms with E-state index in [4.69, 9.17) is 27.9 Å². The number of nitrogens with one attached hydrogen (secondary N) is 2. The summed E-state index contributed by atoms with van der Waals surface area (Å²) in [5.74, 6) is -2.10. The van der Waals surface area contributed by atoms with E-state index in [-0.39, 0.29) is 29.1 Å². The van der Waals surface area contributed by atoms with Gasteiger partial charge in [0.1, 0.15) is 6.54 Å². The van der Waals surface area contributed by atoms with Crippen molar-refractivity contribution in [2.45, 2.75) is 18.9 Å². The molecule has 0 radical (unpaired) electrons. The summed E-state index contributed by atoms with van der Waals surface area (Å²) in [5, 5.41) is 5.63. The van der Waals surface area contributed by atoms with Crippen LogP contribution in [0.2, 0.25) is 10.0 Å². The molecule has 10 heteroatoms. The number of amides is 3. The highest BCUT2D eigenvalue weighted by molar-refractivity contribution is 6.42. The molecule has 1 aliphatic carbocycles. The third-order valence-corrected chi connectivity index (χ3v) is 4.42. The fourth-order valence-electron chi connectivity index (χ4n) is 2.00. The van der Waals surface area contributed by atoms with Crippen LogP contribution in [-0.2, 0) is 19.1 Å². The molecular weight excluding hydrogens is 397 g/mol. The molecule has 1 saturated carbocycles. The number of nitrogens with zero attached hydrogens (tertiary/aromatic N) is 1. The zero-order valence-electron chi connectivity index (χ0n) is 14.6. The lowest BCUT2D eigenvalue weighted by molar-refractivity contribution is -0.151. The van der Waals surface area contributed by atoms with Gasteiger partial charge in [0, 0.05) is 18.7 Å². The lowest BCUT2D eigenvalue weighted by Crippen LogP contribution is -2.41. The molecule has 0 aromatic heterocycles. The first-order valence-electron chi connectivity index (χ1n) is 8.18. The molecule has 0 bridgehead atoms. The van der Waals surface area contributed by atoms with Gasteiger partial charge in [-0.25, -0.2) is 0 Å². The number of carbonyl (C=O) groups excluding carboxylic acids is 4. The Bertz CT molecular complexity index is 752. The molecule has 8 nitrogen and oxygen atoms in total. The van der Waals surface area contributed by atoms with E-state index < -0.39 is 30.9 Å². The van der Waals surface area contributed by atoms with Gasteiger partial charge in [-0.15, -0.1) is 0 Å². The molecule has 0 heterocycles. The topological polar surface area (TPSA) is 105 Å². The van der Waals surface area contributed by atoms with Crippen LogP contribution in [0.4, 0.5) is 0 Å². The Labute approximate surface area is 166 Å². The number of carbonyl (C=O) groups is 4. The van der Waals surface area contributed by atoms with E-state index in [1.165, 1.54) is 30.1 Å². The van der Waals surface area contributed by atoms with Crippen LogP contribution >= 0.6 is 23.2 Å². The normalized spacial score (nSPS) is 12.9. The lowest BCUT2D eigenvalue weighted by Gasteiger charge is -2.16. The Morgan fingerprint density at radius 1 is 1.19 bits per heavy atom. The Morgan fingerprint density at radius 3 is 2.52 bits per heavy atom. The minimum absolute atomic E-state index is 0.110. The predicted octanol–water partition coefficient (Wildman–Crippen LogP) is 1.00. The average molecular weight is 416 g/mol. The van der Waals surface area contributed by atoms with E-state index in [0.717, 1.165) is 12.8 Å². The summed E-state index contributed by atoms with van der Waals surface area (Å²) in [7, 11) is 1.44. The molecule has 3 amide bonds. The quantitative estimate of drug-likeness (QED) is 0.616. The van der Waals surface area contributed by atoms with Crippen LogP contribution < -0.4 is 10.6 Å². The second kappa shape index (κ2) is 9.57. The molecule has 0 aliphatic heterocycles. The minimum atomic E-state index is -0.785. The van der Waals surface area contributed by atoms with Crippen molar-refractivity contribution in [3.05, 3.63) is 33.8 Å². The number of likely N-dealkylation sites (N-methyl/N-ethyl adjacent to an activating group) is 1. The van der Waals surface area contributed by atoms with Crippen molar-refractivity contribution in [1.29, 1.82) is 0 Å². The zero-order chi connectivity index (χ0) is 20.0. The van der Waals surface area contributed by atoms with E-state index in [1.54, 1.807) is 0 Å². The van der Waals surface area contributed by atoms with Crippen molar-refractivity contribution in [3.8, 4) is 0 Å². The number of ether oxygens (including phenoxy) is 1. The molecule has 146 valence electrons. The van der Waals surface area contributed by atoms with Crippen LogP contribution in [0.1, 0.15) is 23.2 Å². The van der Waals surface area contributed by atoms with Crippen molar-refractivity contribution in [1.82, 2.24) is 15.5 Å². The number of benzene rings is 1. The average Bonchev–Trinajstić information content (AvgIpc) is 3.43. The van der Waals surface area contributed by atoms with E-state index in [1.807, 2.05) is 0 Å². The van der Waals surface area contributed by atoms with Gasteiger partial charge in [-0.2, -0.15) is 0 Å². The SMILES string of the molecule is CN(CC(=O)NC1CC1)C(=O)COC(=O)CNC(=O)c1ccc(Cl)c(Cl)c1. The minimum Gasteiger partial charge on any atom is -0.454 e. The number of rotatable bonds is 8. The molecule has 27 heavy (non-hydrogen) atoms. The first-order chi connectivity index (χ1) is 12.8. The molecule has 2 rings (SSSR count). The van der Waals surface area contributed by atoms with Gasteiger partial charge in [0.15, 0.2) is 6.61 Å². The van der Waals surface area contributed by atoms with E-state index in [9.17, 15) is 19.2 Å². The number of esters is 1. The molecule has 1 aromatic rings. The first-order valence-corrected chi connectivity index (χ1v) is 8.94. The van der Waals surface area contributed by atoms with Crippen molar-refractivity contribution in [2.24, 2.45) is 0 Å². The maximum Gasteiger partial charge on any atom is 0.325 e. The fourth-order valence-corrected chi connectivity index (χ4v) is 2.30. The van der Waals surface area contributed by atoms with Crippen LogP contribution in [-0.4, -0.2) is 61.4 Å². The molecule has 1 aromatic carbocycles. The highest BCUT2D eigenvalue weighted by Gasteiger charge is 2.24. The van der Waals surface area contributed by atoms with Gasteiger partial charge in [-0.05, 0) is 31.0 Å². The fraction of sp³-hybridized carbons (Fsp3) is 0.412. The standard InChI is InChI=1S/C17H19Cl2N3O5/c1-22(8-14(23)21-11-3-4-11)15(24)9-27-16(25)7-20-17(26)10-2-5-12(18)13(19)6-10/h2,5-6,11H,3-4,7-9H2,1H3,(H,20,26)(H,21,23). The molecule has 1 aliphatic rings. The zero-order valence-corrected chi connectivity index (χ0v) is 16.1. The van der Waals surface area contributed by atoms with Crippen molar-refractivity contribution < 1.29 is 23.9 Å². The number of hydrogen-bond acceptors (Lipinski definition) is 5. The summed E-state index contributed by atoms with van der Waals surface area (Å²) in [4.78, 5) is 48.3. The molecule has 2 N–H and O–H groups in total. The van der Waals surface area contributed by atoms with E-state index in [2.05, 4.69) is 10.6 Å². The Morgan fingerprint density at radius 2 is 1.89 bits per heavy atom. The summed E-state index contributed by atoms with van der Waals surface area (Å²) in [5.41, 5.74) is 0.231. The summed E-state index contributed by atoms with van der Waals surface area (Å²) in [6.07, 6.45) is 1.91. The predicted molar refractivity (Wildman–Crippen MR) is 98.6 cm³/mol. The van der Waals surface area contributed by atoms with Crippen molar-refractivity contribution in [3.63, 3.8) is 0 Å². The molecule has 0 spiro atoms. The van der Waals surface area contributed by atoms with Crippen LogP contribution in [0.25, 0.3) is 0 Å². The second-order valence-electron chi connectivity index (χ2n) is 6.06. The van der Waals surface area contributed by atoms with E-state index in [0.29, 0.717) is 5.02 Å². The molecular formula is C17H19Cl2N3O5. The second-order valence-corrected chi connectivity index (χ2v) is 6.88. The molecule has 1 fully saturated rings. The van der Waals surface area contributed by atoms with Gasteiger partial charge in [0.05, 0.1) is 16.6 Å². The van der Waals surface area contributed by atoms with Gasteiger partial charge in [-0.3, -0.25) is 19.2 Å². The number of halogens is 2. The summed E-state index contributed by atoms with van der Waals surface area (Å²) < 4.78 is 4.81. The third-order valence-electron chi connectivity index (χ3n) is 3.68. The highest BCUT2D eigenvalue weighted by atomic mass is 35.5. The molecule has 0 saturated heterocycles. The number of hydrogen-bond donors (Lipinski definition) is 2.